The lowest BCUT2D eigenvalue weighted by Gasteiger charge is -2.11. The van der Waals surface area contributed by atoms with Crippen molar-refractivity contribution < 1.29 is 14.3 Å². The van der Waals surface area contributed by atoms with E-state index in [-0.39, 0.29) is 11.8 Å². The van der Waals surface area contributed by atoms with Gasteiger partial charge in [0.05, 0.1) is 16.0 Å². The van der Waals surface area contributed by atoms with Crippen LogP contribution in [0, 0.1) is 0 Å². The van der Waals surface area contributed by atoms with Crippen LogP contribution < -0.4 is 10.6 Å². The van der Waals surface area contributed by atoms with Gasteiger partial charge in [-0.05, 0) is 36.2 Å². The molecular weight excluding hydrogens is 350 g/mol. The summed E-state index contributed by atoms with van der Waals surface area (Å²) in [6, 6.07) is 14.5. The molecule has 0 aliphatic heterocycles. The SMILES string of the molecule is COCCCNC(=O)c1ccccc1NC(=O)c1nsc2ccccc12. The highest BCUT2D eigenvalue weighted by molar-refractivity contribution is 7.13. The van der Waals surface area contributed by atoms with Gasteiger partial charge in [0.15, 0.2) is 0 Å². The standard InChI is InChI=1S/C19H19N3O3S/c1-25-12-6-11-20-18(23)13-7-2-4-9-15(13)21-19(24)17-14-8-3-5-10-16(14)26-22-17/h2-5,7-10H,6,11-12H2,1H3,(H,20,23)(H,21,24). The molecule has 0 fully saturated rings. The largest absolute Gasteiger partial charge is 0.385 e. The smallest absolute Gasteiger partial charge is 0.276 e. The number of hydrogen-bond acceptors (Lipinski definition) is 5. The molecule has 0 radical (unpaired) electrons. The quantitative estimate of drug-likeness (QED) is 0.626. The van der Waals surface area contributed by atoms with Crippen molar-refractivity contribution in [1.29, 1.82) is 0 Å². The lowest BCUT2D eigenvalue weighted by molar-refractivity contribution is 0.0949. The molecule has 26 heavy (non-hydrogen) atoms. The van der Waals surface area contributed by atoms with Crippen molar-refractivity contribution in [3.63, 3.8) is 0 Å². The second-order valence-corrected chi connectivity index (χ2v) is 6.43. The Bertz CT molecular complexity index is 923. The summed E-state index contributed by atoms with van der Waals surface area (Å²) in [4.78, 5) is 25.0. The van der Waals surface area contributed by atoms with E-state index in [4.69, 9.17) is 4.74 Å². The molecule has 0 unspecified atom stereocenters. The zero-order valence-electron chi connectivity index (χ0n) is 14.3. The van der Waals surface area contributed by atoms with Crippen LogP contribution in [0.5, 0.6) is 0 Å². The summed E-state index contributed by atoms with van der Waals surface area (Å²) in [6.07, 6.45) is 0.724. The highest BCUT2D eigenvalue weighted by atomic mass is 32.1. The Morgan fingerprint density at radius 1 is 1.08 bits per heavy atom. The van der Waals surface area contributed by atoms with Crippen molar-refractivity contribution in [2.45, 2.75) is 6.42 Å². The third-order valence-electron chi connectivity index (χ3n) is 3.82. The van der Waals surface area contributed by atoms with Gasteiger partial charge in [-0.1, -0.05) is 30.3 Å². The molecule has 7 heteroatoms. The van der Waals surface area contributed by atoms with Gasteiger partial charge < -0.3 is 15.4 Å². The average Bonchev–Trinajstić information content (AvgIpc) is 3.10. The van der Waals surface area contributed by atoms with E-state index >= 15 is 0 Å². The van der Waals surface area contributed by atoms with Crippen molar-refractivity contribution in [3.05, 3.63) is 59.8 Å². The molecule has 0 atom stereocenters. The van der Waals surface area contributed by atoms with Crippen molar-refractivity contribution >= 4 is 39.1 Å². The first-order chi connectivity index (χ1) is 12.7. The maximum Gasteiger partial charge on any atom is 0.276 e. The molecule has 0 aliphatic rings. The van der Waals surface area contributed by atoms with E-state index in [1.54, 1.807) is 31.4 Å². The zero-order chi connectivity index (χ0) is 18.4. The second kappa shape index (κ2) is 8.55. The molecule has 1 heterocycles. The van der Waals surface area contributed by atoms with E-state index in [9.17, 15) is 9.59 Å². The average molecular weight is 369 g/mol. The summed E-state index contributed by atoms with van der Waals surface area (Å²) in [5, 5.41) is 6.44. The molecule has 2 aromatic carbocycles. The number of aromatic nitrogens is 1. The Labute approximate surface area is 155 Å². The number of fused-ring (bicyclic) bond motifs is 1. The maximum atomic E-state index is 12.6. The van der Waals surface area contributed by atoms with Crippen molar-refractivity contribution in [2.75, 3.05) is 25.6 Å². The molecule has 2 N–H and O–H groups in total. The van der Waals surface area contributed by atoms with Crippen molar-refractivity contribution in [1.82, 2.24) is 9.69 Å². The topological polar surface area (TPSA) is 80.3 Å². The van der Waals surface area contributed by atoms with E-state index < -0.39 is 0 Å². The summed E-state index contributed by atoms with van der Waals surface area (Å²) >= 11 is 1.28. The number of ether oxygens (including phenoxy) is 1. The molecule has 0 saturated heterocycles. The van der Waals surface area contributed by atoms with Gasteiger partial charge in [0, 0.05) is 25.6 Å². The van der Waals surface area contributed by atoms with Crippen LogP contribution >= 0.6 is 11.5 Å². The predicted molar refractivity (Wildman–Crippen MR) is 103 cm³/mol. The van der Waals surface area contributed by atoms with Crippen LogP contribution in [0.15, 0.2) is 48.5 Å². The summed E-state index contributed by atoms with van der Waals surface area (Å²) in [5.74, 6) is -0.567. The van der Waals surface area contributed by atoms with Crippen LogP contribution in [0.2, 0.25) is 0 Å². The van der Waals surface area contributed by atoms with E-state index in [2.05, 4.69) is 15.0 Å². The highest BCUT2D eigenvalue weighted by Crippen LogP contribution is 2.24. The van der Waals surface area contributed by atoms with Crippen molar-refractivity contribution in [3.8, 4) is 0 Å². The summed E-state index contributed by atoms with van der Waals surface area (Å²) in [7, 11) is 1.62. The van der Waals surface area contributed by atoms with Crippen LogP contribution in [-0.2, 0) is 4.74 Å². The number of nitrogens with one attached hydrogen (secondary N) is 2. The lowest BCUT2D eigenvalue weighted by Crippen LogP contribution is -2.26. The van der Waals surface area contributed by atoms with Gasteiger partial charge in [-0.25, -0.2) is 0 Å². The molecule has 134 valence electrons. The number of methoxy groups -OCH3 is 1. The van der Waals surface area contributed by atoms with Crippen LogP contribution in [0.25, 0.3) is 10.1 Å². The van der Waals surface area contributed by atoms with Crippen LogP contribution in [0.4, 0.5) is 5.69 Å². The number of para-hydroxylation sites is 1. The molecule has 0 aliphatic carbocycles. The minimum Gasteiger partial charge on any atom is -0.385 e. The first kappa shape index (κ1) is 18.0. The second-order valence-electron chi connectivity index (χ2n) is 5.63. The molecule has 2 amide bonds. The molecule has 6 nitrogen and oxygen atoms in total. The highest BCUT2D eigenvalue weighted by Gasteiger charge is 2.17. The molecule has 3 aromatic rings. The Hall–Kier alpha value is -2.77. The zero-order valence-corrected chi connectivity index (χ0v) is 15.1. The molecular formula is C19H19N3O3S. The van der Waals surface area contributed by atoms with Gasteiger partial charge in [-0.15, -0.1) is 0 Å². The van der Waals surface area contributed by atoms with Gasteiger partial charge in [0.1, 0.15) is 5.69 Å². The Morgan fingerprint density at radius 2 is 1.85 bits per heavy atom. The van der Waals surface area contributed by atoms with E-state index in [0.29, 0.717) is 30.1 Å². The summed E-state index contributed by atoms with van der Waals surface area (Å²) in [6.45, 7) is 1.08. The number of anilines is 1. The normalized spacial score (nSPS) is 10.7. The fourth-order valence-electron chi connectivity index (χ4n) is 2.53. The monoisotopic (exact) mass is 369 g/mol. The van der Waals surface area contributed by atoms with Gasteiger partial charge in [0.25, 0.3) is 11.8 Å². The lowest BCUT2D eigenvalue weighted by atomic mass is 10.1. The number of carbonyl (C=O) groups is 2. The molecule has 0 bridgehead atoms. The number of carbonyl (C=O) groups excluding carboxylic acids is 2. The number of rotatable bonds is 7. The van der Waals surface area contributed by atoms with E-state index in [0.717, 1.165) is 16.5 Å². The molecule has 3 rings (SSSR count). The van der Waals surface area contributed by atoms with Crippen molar-refractivity contribution in [2.24, 2.45) is 0 Å². The van der Waals surface area contributed by atoms with E-state index in [1.807, 2.05) is 24.3 Å². The van der Waals surface area contributed by atoms with Gasteiger partial charge in [-0.3, -0.25) is 9.59 Å². The Balaban J connectivity index is 1.75. The molecule has 1 aromatic heterocycles. The summed E-state index contributed by atoms with van der Waals surface area (Å²) in [5.41, 5.74) is 1.23. The molecule has 0 saturated carbocycles. The molecule has 0 spiro atoms. The first-order valence-electron chi connectivity index (χ1n) is 8.22. The number of benzene rings is 2. The predicted octanol–water partition coefficient (Wildman–Crippen LogP) is 3.31. The van der Waals surface area contributed by atoms with Gasteiger partial charge in [0.2, 0.25) is 0 Å². The Kier molecular flexibility index (Phi) is 5.93. The number of hydrogen-bond donors (Lipinski definition) is 2. The third kappa shape index (κ3) is 4.07. The summed E-state index contributed by atoms with van der Waals surface area (Å²) < 4.78 is 10.2. The fraction of sp³-hybridized carbons (Fsp3) is 0.211. The Morgan fingerprint density at radius 3 is 2.69 bits per heavy atom. The first-order valence-corrected chi connectivity index (χ1v) is 9.00. The van der Waals surface area contributed by atoms with Crippen LogP contribution in [0.1, 0.15) is 27.3 Å². The van der Waals surface area contributed by atoms with Crippen LogP contribution in [0.3, 0.4) is 0 Å². The van der Waals surface area contributed by atoms with Gasteiger partial charge >= 0.3 is 0 Å². The fourth-order valence-corrected chi connectivity index (χ4v) is 3.31. The minimum absolute atomic E-state index is 0.236. The number of nitrogens with zero attached hydrogens (tertiary/aromatic N) is 1. The number of amides is 2. The van der Waals surface area contributed by atoms with Crippen LogP contribution in [-0.4, -0.2) is 36.4 Å². The van der Waals surface area contributed by atoms with E-state index in [1.165, 1.54) is 11.5 Å². The third-order valence-corrected chi connectivity index (χ3v) is 4.65. The van der Waals surface area contributed by atoms with Gasteiger partial charge in [-0.2, -0.15) is 4.37 Å². The minimum atomic E-state index is -0.331. The maximum absolute atomic E-state index is 12.6.